The summed E-state index contributed by atoms with van der Waals surface area (Å²) in [6.45, 7) is 6.44. The van der Waals surface area contributed by atoms with E-state index in [9.17, 15) is 4.79 Å². The van der Waals surface area contributed by atoms with E-state index in [0.29, 0.717) is 27.4 Å². The van der Waals surface area contributed by atoms with E-state index in [0.717, 1.165) is 5.69 Å². The van der Waals surface area contributed by atoms with Gasteiger partial charge in [-0.3, -0.25) is 4.79 Å². The summed E-state index contributed by atoms with van der Waals surface area (Å²) in [6.07, 6.45) is 1.56. The number of para-hydroxylation sites is 1. The second-order valence-electron chi connectivity index (χ2n) is 5.57. The summed E-state index contributed by atoms with van der Waals surface area (Å²) in [5.41, 5.74) is 1.34. The molecule has 0 aliphatic rings. The minimum Gasteiger partial charge on any atom is -0.301 e. The number of H-pyrrole nitrogens is 1. The molecule has 22 heavy (non-hydrogen) atoms. The van der Waals surface area contributed by atoms with Crippen LogP contribution in [0.25, 0.3) is 16.7 Å². The first-order valence-corrected chi connectivity index (χ1v) is 8.14. The maximum absolute atomic E-state index is 12.2. The number of thioether (sulfide) groups is 1. The van der Waals surface area contributed by atoms with Crippen molar-refractivity contribution in [2.45, 2.75) is 31.2 Å². The Morgan fingerprint density at radius 2 is 1.91 bits per heavy atom. The van der Waals surface area contributed by atoms with E-state index in [4.69, 9.17) is 0 Å². The molecule has 5 nitrogen and oxygen atoms in total. The van der Waals surface area contributed by atoms with Crippen LogP contribution >= 0.6 is 11.8 Å². The monoisotopic (exact) mass is 314 g/mol. The van der Waals surface area contributed by atoms with E-state index in [-0.39, 0.29) is 5.56 Å². The van der Waals surface area contributed by atoms with E-state index >= 15 is 0 Å². The topological polar surface area (TPSA) is 63.6 Å². The molecule has 0 aliphatic heterocycles. The van der Waals surface area contributed by atoms with Crippen molar-refractivity contribution in [3.63, 3.8) is 0 Å². The molecule has 3 rings (SSSR count). The van der Waals surface area contributed by atoms with E-state index < -0.39 is 0 Å². The normalized spacial score (nSPS) is 12.9. The summed E-state index contributed by atoms with van der Waals surface area (Å²) in [4.78, 5) is 19.7. The van der Waals surface area contributed by atoms with Crippen LogP contribution in [0.1, 0.15) is 20.8 Å². The lowest BCUT2D eigenvalue weighted by atomic mass is 10.2. The molecule has 1 atom stereocenters. The largest absolute Gasteiger partial charge is 0.301 e. The zero-order valence-electron chi connectivity index (χ0n) is 12.8. The summed E-state index contributed by atoms with van der Waals surface area (Å²) in [5.74, 6) is 0.505. The number of aromatic amines is 1. The molecule has 0 amide bonds. The highest BCUT2D eigenvalue weighted by atomic mass is 32.2. The van der Waals surface area contributed by atoms with Crippen molar-refractivity contribution in [3.8, 4) is 5.69 Å². The Bertz CT molecular complexity index is 838. The summed E-state index contributed by atoms with van der Waals surface area (Å²) in [7, 11) is 0. The number of fused-ring (bicyclic) bond motifs is 1. The average Bonchev–Trinajstić information content (AvgIpc) is 2.92. The molecule has 0 unspecified atom stereocenters. The van der Waals surface area contributed by atoms with Crippen LogP contribution in [-0.2, 0) is 0 Å². The molecule has 2 aromatic heterocycles. The third-order valence-corrected chi connectivity index (χ3v) is 4.99. The van der Waals surface area contributed by atoms with Gasteiger partial charge in [0.1, 0.15) is 5.39 Å². The molecule has 0 radical (unpaired) electrons. The Labute approximate surface area is 132 Å². The second kappa shape index (κ2) is 5.96. The number of rotatable bonds is 4. The van der Waals surface area contributed by atoms with Gasteiger partial charge in [-0.2, -0.15) is 5.10 Å². The molecule has 114 valence electrons. The Balaban J connectivity index is 2.10. The van der Waals surface area contributed by atoms with Crippen LogP contribution in [-0.4, -0.2) is 25.0 Å². The van der Waals surface area contributed by atoms with Gasteiger partial charge in [0.05, 0.1) is 11.9 Å². The minimum absolute atomic E-state index is 0.148. The van der Waals surface area contributed by atoms with E-state index in [1.54, 1.807) is 22.6 Å². The number of hydrogen-bond donors (Lipinski definition) is 1. The van der Waals surface area contributed by atoms with Crippen molar-refractivity contribution in [1.82, 2.24) is 19.7 Å². The summed E-state index contributed by atoms with van der Waals surface area (Å²) in [5, 5.41) is 5.82. The first kappa shape index (κ1) is 14.8. The minimum atomic E-state index is -0.148. The van der Waals surface area contributed by atoms with Crippen molar-refractivity contribution in [3.05, 3.63) is 46.9 Å². The first-order chi connectivity index (χ1) is 10.6. The van der Waals surface area contributed by atoms with E-state index in [2.05, 4.69) is 35.8 Å². The predicted molar refractivity (Wildman–Crippen MR) is 89.6 cm³/mol. The van der Waals surface area contributed by atoms with Crippen molar-refractivity contribution >= 4 is 22.8 Å². The maximum atomic E-state index is 12.2. The Morgan fingerprint density at radius 1 is 1.18 bits per heavy atom. The van der Waals surface area contributed by atoms with Crippen LogP contribution in [0.5, 0.6) is 0 Å². The standard InChI is InChI=1S/C16H18N4OS/c1-10(2)11(3)22-16-18-14-13(15(21)19-16)9-17-20(14)12-7-5-4-6-8-12/h4-11H,1-3H3,(H,18,19,21)/t11-/m0/s1. The van der Waals surface area contributed by atoms with Crippen molar-refractivity contribution in [2.75, 3.05) is 0 Å². The van der Waals surface area contributed by atoms with Gasteiger partial charge in [0.25, 0.3) is 5.56 Å². The van der Waals surface area contributed by atoms with Crippen LogP contribution < -0.4 is 5.56 Å². The van der Waals surface area contributed by atoms with Crippen LogP contribution in [0.15, 0.2) is 46.5 Å². The van der Waals surface area contributed by atoms with Gasteiger partial charge < -0.3 is 4.98 Å². The molecular weight excluding hydrogens is 296 g/mol. The number of nitrogens with one attached hydrogen (secondary N) is 1. The quantitative estimate of drug-likeness (QED) is 0.593. The lowest BCUT2D eigenvalue weighted by Gasteiger charge is -2.13. The smallest absolute Gasteiger partial charge is 0.262 e. The molecule has 3 aromatic rings. The third kappa shape index (κ3) is 2.78. The van der Waals surface area contributed by atoms with Gasteiger partial charge in [-0.1, -0.05) is 50.7 Å². The average molecular weight is 314 g/mol. The lowest BCUT2D eigenvalue weighted by Crippen LogP contribution is -2.13. The highest BCUT2D eigenvalue weighted by Gasteiger charge is 2.15. The summed E-state index contributed by atoms with van der Waals surface area (Å²) >= 11 is 1.58. The molecule has 1 N–H and O–H groups in total. The van der Waals surface area contributed by atoms with Gasteiger partial charge in [-0.05, 0) is 18.1 Å². The number of benzene rings is 1. The van der Waals surface area contributed by atoms with Crippen LogP contribution in [0, 0.1) is 5.92 Å². The highest BCUT2D eigenvalue weighted by Crippen LogP contribution is 2.25. The fraction of sp³-hybridized carbons (Fsp3) is 0.312. The second-order valence-corrected chi connectivity index (χ2v) is 6.93. The van der Waals surface area contributed by atoms with Crippen LogP contribution in [0.3, 0.4) is 0 Å². The van der Waals surface area contributed by atoms with Gasteiger partial charge >= 0.3 is 0 Å². The van der Waals surface area contributed by atoms with E-state index in [1.807, 2.05) is 30.3 Å². The molecule has 2 heterocycles. The SMILES string of the molecule is CC(C)[C@H](C)Sc1nc2c(cnn2-c2ccccc2)c(=O)[nH]1. The molecule has 0 saturated carbocycles. The Hall–Kier alpha value is -2.08. The first-order valence-electron chi connectivity index (χ1n) is 7.26. The molecule has 0 spiro atoms. The van der Waals surface area contributed by atoms with Gasteiger partial charge in [0.2, 0.25) is 0 Å². The lowest BCUT2D eigenvalue weighted by molar-refractivity contribution is 0.640. The summed E-state index contributed by atoms with van der Waals surface area (Å²) < 4.78 is 1.70. The molecule has 1 aromatic carbocycles. The van der Waals surface area contributed by atoms with Gasteiger partial charge in [-0.25, -0.2) is 9.67 Å². The van der Waals surface area contributed by atoms with Crippen LogP contribution in [0.2, 0.25) is 0 Å². The van der Waals surface area contributed by atoms with Crippen molar-refractivity contribution in [2.24, 2.45) is 5.92 Å². The molecule has 0 saturated heterocycles. The zero-order valence-corrected chi connectivity index (χ0v) is 13.6. The van der Waals surface area contributed by atoms with Crippen molar-refractivity contribution in [1.29, 1.82) is 0 Å². The van der Waals surface area contributed by atoms with Gasteiger partial charge in [0, 0.05) is 5.25 Å². The third-order valence-electron chi connectivity index (χ3n) is 3.65. The summed E-state index contributed by atoms with van der Waals surface area (Å²) in [6, 6.07) is 9.71. The zero-order chi connectivity index (χ0) is 15.7. The molecule has 6 heteroatoms. The number of aromatic nitrogens is 4. The van der Waals surface area contributed by atoms with Crippen LogP contribution in [0.4, 0.5) is 0 Å². The molecular formula is C16H18N4OS. The molecule has 0 bridgehead atoms. The van der Waals surface area contributed by atoms with Gasteiger partial charge in [-0.15, -0.1) is 0 Å². The fourth-order valence-corrected chi connectivity index (χ4v) is 2.94. The maximum Gasteiger partial charge on any atom is 0.262 e. The Kier molecular flexibility index (Phi) is 4.02. The fourth-order valence-electron chi connectivity index (χ4n) is 2.02. The Morgan fingerprint density at radius 3 is 2.59 bits per heavy atom. The molecule has 0 fully saturated rings. The predicted octanol–water partition coefficient (Wildman–Crippen LogP) is 3.25. The number of nitrogens with zero attached hydrogens (tertiary/aromatic N) is 3. The van der Waals surface area contributed by atoms with E-state index in [1.165, 1.54) is 0 Å². The van der Waals surface area contributed by atoms with Crippen molar-refractivity contribution < 1.29 is 0 Å². The number of hydrogen-bond acceptors (Lipinski definition) is 4. The highest BCUT2D eigenvalue weighted by molar-refractivity contribution is 7.99. The molecule has 0 aliphatic carbocycles. The van der Waals surface area contributed by atoms with Gasteiger partial charge in [0.15, 0.2) is 10.8 Å².